The van der Waals surface area contributed by atoms with Gasteiger partial charge in [-0.05, 0) is 54.8 Å². The van der Waals surface area contributed by atoms with Crippen LogP contribution in [0.15, 0.2) is 54.6 Å². The van der Waals surface area contributed by atoms with Gasteiger partial charge in [0, 0.05) is 0 Å². The van der Waals surface area contributed by atoms with E-state index in [1.807, 2.05) is 6.07 Å². The minimum atomic E-state index is -0.728. The molecule has 0 aliphatic rings. The van der Waals surface area contributed by atoms with E-state index in [2.05, 4.69) is 6.92 Å². The van der Waals surface area contributed by atoms with Crippen molar-refractivity contribution < 1.29 is 29.5 Å². The molecule has 0 bridgehead atoms. The van der Waals surface area contributed by atoms with Crippen molar-refractivity contribution in [3.05, 3.63) is 80.4 Å². The maximum atomic E-state index is 11.2. The van der Waals surface area contributed by atoms with Gasteiger partial charge in [0.25, 0.3) is 0 Å². The molecule has 10 nitrogen and oxygen atoms in total. The molecule has 178 valence electrons. The van der Waals surface area contributed by atoms with Gasteiger partial charge in [-0.15, -0.1) is 0 Å². The van der Waals surface area contributed by atoms with Crippen molar-refractivity contribution in [2.45, 2.75) is 39.0 Å². The first-order chi connectivity index (χ1) is 16.3. The number of hydrogen-bond donors (Lipinski definition) is 2. The molecule has 34 heavy (non-hydrogen) atoms. The molecule has 0 saturated carbocycles. The van der Waals surface area contributed by atoms with Crippen molar-refractivity contribution in [1.82, 2.24) is 0 Å². The number of hydrogen-bond acceptors (Lipinski definition) is 8. The lowest BCUT2D eigenvalue weighted by atomic mass is 10.1. The highest BCUT2D eigenvalue weighted by Crippen LogP contribution is 2.40. The lowest BCUT2D eigenvalue weighted by Crippen LogP contribution is -1.95. The Kier molecular flexibility index (Phi) is 7.86. The van der Waals surface area contributed by atoms with Crippen molar-refractivity contribution in [3.8, 4) is 34.5 Å². The second kappa shape index (κ2) is 11.0. The van der Waals surface area contributed by atoms with Crippen molar-refractivity contribution in [3.63, 3.8) is 0 Å². The van der Waals surface area contributed by atoms with Crippen LogP contribution in [0.25, 0.3) is 0 Å². The van der Waals surface area contributed by atoms with Gasteiger partial charge in [-0.25, -0.2) is 0 Å². The Hall–Kier alpha value is -4.34. The number of phenolic OH excluding ortho intramolecular Hbond substituents is 2. The van der Waals surface area contributed by atoms with Crippen molar-refractivity contribution in [1.29, 1.82) is 0 Å². The van der Waals surface area contributed by atoms with Gasteiger partial charge in [-0.1, -0.05) is 32.3 Å². The molecular weight excluding hydrogens is 444 g/mol. The van der Waals surface area contributed by atoms with E-state index in [0.29, 0.717) is 0 Å². The zero-order valence-electron chi connectivity index (χ0n) is 18.5. The molecule has 0 atom stereocenters. The summed E-state index contributed by atoms with van der Waals surface area (Å²) in [5.74, 6) is -0.324. The van der Waals surface area contributed by atoms with Crippen LogP contribution in [-0.2, 0) is 6.42 Å². The minimum absolute atomic E-state index is 0.0988. The monoisotopic (exact) mass is 468 g/mol. The van der Waals surface area contributed by atoms with Crippen LogP contribution in [0.1, 0.15) is 38.2 Å². The topological polar surface area (TPSA) is 145 Å². The number of benzene rings is 3. The third-order valence-electron chi connectivity index (χ3n) is 5.07. The fraction of sp³-hybridized carbons (Fsp3) is 0.250. The number of nitro groups is 2. The fourth-order valence-electron chi connectivity index (χ4n) is 3.31. The minimum Gasteiger partial charge on any atom is -0.502 e. The molecular formula is C24H24N2O8. The molecule has 0 radical (unpaired) electrons. The molecule has 0 fully saturated rings. The van der Waals surface area contributed by atoms with Gasteiger partial charge < -0.3 is 19.7 Å². The van der Waals surface area contributed by atoms with Crippen LogP contribution in [0.4, 0.5) is 11.4 Å². The second-order valence-corrected chi connectivity index (χ2v) is 7.61. The second-order valence-electron chi connectivity index (χ2n) is 7.61. The average Bonchev–Trinajstić information content (AvgIpc) is 2.80. The molecule has 3 rings (SSSR count). The molecule has 0 saturated heterocycles. The molecule has 0 amide bonds. The van der Waals surface area contributed by atoms with Crippen LogP contribution in [0.5, 0.6) is 34.5 Å². The molecule has 10 heteroatoms. The fourth-order valence-corrected chi connectivity index (χ4v) is 3.31. The first kappa shape index (κ1) is 24.3. The van der Waals surface area contributed by atoms with Crippen molar-refractivity contribution >= 4 is 11.4 Å². The van der Waals surface area contributed by atoms with Gasteiger partial charge in [0.1, 0.15) is 11.5 Å². The number of nitro benzene ring substituents is 2. The first-order valence-corrected chi connectivity index (χ1v) is 10.7. The number of ether oxygens (including phenoxy) is 2. The summed E-state index contributed by atoms with van der Waals surface area (Å²) in [6, 6.07) is 12.5. The van der Waals surface area contributed by atoms with Crippen molar-refractivity contribution in [2.24, 2.45) is 0 Å². The summed E-state index contributed by atoms with van der Waals surface area (Å²) >= 11 is 0. The number of nitrogens with zero attached hydrogens (tertiary/aromatic N) is 2. The molecule has 0 unspecified atom stereocenters. The predicted octanol–water partition coefficient (Wildman–Crippen LogP) is 6.62. The van der Waals surface area contributed by atoms with Crippen LogP contribution in [-0.4, -0.2) is 20.1 Å². The third-order valence-corrected chi connectivity index (χ3v) is 5.07. The molecule has 0 spiro atoms. The molecule has 0 aliphatic carbocycles. The molecule has 2 N–H and O–H groups in total. The Bertz CT molecular complexity index is 1200. The van der Waals surface area contributed by atoms with Crippen LogP contribution in [0, 0.1) is 20.2 Å². The zero-order chi connectivity index (χ0) is 24.7. The highest BCUT2D eigenvalue weighted by atomic mass is 16.6. The molecule has 3 aromatic carbocycles. The lowest BCUT2D eigenvalue weighted by Gasteiger charge is -2.14. The molecule has 0 aromatic heterocycles. The standard InChI is InChI=1S/C24H24N2O8/c1-2-3-4-5-6-16-7-12-23(33-17-8-10-21(27)19(14-17)25(29)30)24(13-16)34-18-9-11-22(28)20(15-18)26(31)32/h7-15,27-28H,2-6H2,1H3. The number of aromatic hydroxyl groups is 2. The van der Waals surface area contributed by atoms with E-state index in [0.717, 1.165) is 61.9 Å². The van der Waals surface area contributed by atoms with E-state index in [1.54, 1.807) is 12.1 Å². The van der Waals surface area contributed by atoms with Crippen molar-refractivity contribution in [2.75, 3.05) is 0 Å². The predicted molar refractivity (Wildman–Crippen MR) is 124 cm³/mol. The Morgan fingerprint density at radius 1 is 0.735 bits per heavy atom. The van der Waals surface area contributed by atoms with Gasteiger partial charge in [0.2, 0.25) is 0 Å². The van der Waals surface area contributed by atoms with E-state index in [4.69, 9.17) is 9.47 Å². The van der Waals surface area contributed by atoms with Gasteiger partial charge in [-0.2, -0.15) is 0 Å². The summed E-state index contributed by atoms with van der Waals surface area (Å²) in [6.45, 7) is 2.13. The normalized spacial score (nSPS) is 10.6. The average molecular weight is 468 g/mol. The van der Waals surface area contributed by atoms with E-state index >= 15 is 0 Å². The zero-order valence-corrected chi connectivity index (χ0v) is 18.5. The largest absolute Gasteiger partial charge is 0.502 e. The summed E-state index contributed by atoms with van der Waals surface area (Å²) in [4.78, 5) is 20.8. The number of phenols is 2. The highest BCUT2D eigenvalue weighted by Gasteiger charge is 2.18. The Morgan fingerprint density at radius 3 is 1.82 bits per heavy atom. The van der Waals surface area contributed by atoms with E-state index in [9.17, 15) is 30.4 Å². The highest BCUT2D eigenvalue weighted by molar-refractivity contribution is 5.55. The number of unbranched alkanes of at least 4 members (excludes halogenated alkanes) is 3. The quantitative estimate of drug-likeness (QED) is 0.181. The summed E-state index contributed by atoms with van der Waals surface area (Å²) in [7, 11) is 0. The number of rotatable bonds is 11. The van der Waals surface area contributed by atoms with E-state index < -0.39 is 32.7 Å². The van der Waals surface area contributed by atoms with E-state index in [-0.39, 0.29) is 23.0 Å². The molecule has 0 heterocycles. The van der Waals surface area contributed by atoms with Gasteiger partial charge in [-0.3, -0.25) is 20.2 Å². The maximum Gasteiger partial charge on any atom is 0.314 e. The van der Waals surface area contributed by atoms with Crippen LogP contribution in [0.3, 0.4) is 0 Å². The summed E-state index contributed by atoms with van der Waals surface area (Å²) in [5.41, 5.74) is -0.0602. The summed E-state index contributed by atoms with van der Waals surface area (Å²) in [6.07, 6.45) is 5.08. The van der Waals surface area contributed by atoms with Crippen LogP contribution < -0.4 is 9.47 Å². The smallest absolute Gasteiger partial charge is 0.314 e. The van der Waals surface area contributed by atoms with Gasteiger partial charge in [0.15, 0.2) is 23.0 Å². The Balaban J connectivity index is 1.94. The Morgan fingerprint density at radius 2 is 1.29 bits per heavy atom. The SMILES string of the molecule is CCCCCCc1ccc(Oc2ccc(O)c([N+](=O)[O-])c2)c(Oc2ccc(O)c([N+](=O)[O-])c2)c1. The summed E-state index contributed by atoms with van der Waals surface area (Å²) in [5, 5.41) is 41.7. The third kappa shape index (κ3) is 6.12. The maximum absolute atomic E-state index is 11.2. The van der Waals surface area contributed by atoms with Crippen LogP contribution in [0.2, 0.25) is 0 Å². The number of aryl methyl sites for hydroxylation is 1. The van der Waals surface area contributed by atoms with Crippen LogP contribution >= 0.6 is 0 Å². The van der Waals surface area contributed by atoms with E-state index in [1.165, 1.54) is 12.1 Å². The summed E-state index contributed by atoms with van der Waals surface area (Å²) < 4.78 is 11.7. The molecule has 3 aromatic rings. The Labute approximate surface area is 195 Å². The van der Waals surface area contributed by atoms with Gasteiger partial charge >= 0.3 is 11.4 Å². The lowest BCUT2D eigenvalue weighted by molar-refractivity contribution is -0.386. The molecule has 0 aliphatic heterocycles. The first-order valence-electron chi connectivity index (χ1n) is 10.7. The van der Waals surface area contributed by atoms with Gasteiger partial charge in [0.05, 0.1) is 22.0 Å².